The molecule has 0 atom stereocenters. The molecule has 1 fully saturated rings. The number of amides is 1. The lowest BCUT2D eigenvalue weighted by Gasteiger charge is -2.32. The number of benzene rings is 1. The molecule has 0 saturated carbocycles. The largest absolute Gasteiger partial charge is 0.335 e. The van der Waals surface area contributed by atoms with E-state index in [1.54, 1.807) is 30.0 Å². The Morgan fingerprint density at radius 1 is 1.17 bits per heavy atom. The number of hydrogen-bond acceptors (Lipinski definition) is 4. The first-order chi connectivity index (χ1) is 11.5. The lowest BCUT2D eigenvalue weighted by Crippen LogP contribution is -2.48. The van der Waals surface area contributed by atoms with Gasteiger partial charge in [0, 0.05) is 37.9 Å². The highest BCUT2D eigenvalue weighted by molar-refractivity contribution is 5.92. The second-order valence-corrected chi connectivity index (χ2v) is 5.96. The van der Waals surface area contributed by atoms with Crippen molar-refractivity contribution < 1.29 is 9.18 Å². The highest BCUT2D eigenvalue weighted by atomic mass is 19.1. The van der Waals surface area contributed by atoms with Crippen molar-refractivity contribution in [1.82, 2.24) is 19.6 Å². The summed E-state index contributed by atoms with van der Waals surface area (Å²) in [5, 5.41) is 4.16. The van der Waals surface area contributed by atoms with Crippen molar-refractivity contribution in [3.05, 3.63) is 57.8 Å². The molecule has 0 radical (unpaired) electrons. The van der Waals surface area contributed by atoms with Gasteiger partial charge in [0.25, 0.3) is 5.91 Å². The van der Waals surface area contributed by atoms with Crippen molar-refractivity contribution in [2.45, 2.75) is 6.92 Å². The van der Waals surface area contributed by atoms with Crippen molar-refractivity contribution >= 4 is 5.91 Å². The zero-order valence-corrected chi connectivity index (χ0v) is 13.7. The maximum Gasteiger partial charge on any atom is 0.278 e. The Balaban J connectivity index is 2.00. The van der Waals surface area contributed by atoms with E-state index in [4.69, 9.17) is 0 Å². The standard InChI is InChI=1S/C17H19FN4O2/c1-12-11-15(23)16(17(24)21-9-7-20(2)8-10-21)19-22(12)14-6-4-3-5-13(14)18/h3-6,11H,7-10H2,1-2H3. The van der Waals surface area contributed by atoms with Crippen molar-refractivity contribution in [2.75, 3.05) is 33.2 Å². The second-order valence-electron chi connectivity index (χ2n) is 5.96. The molecule has 6 nitrogen and oxygen atoms in total. The smallest absolute Gasteiger partial charge is 0.278 e. The summed E-state index contributed by atoms with van der Waals surface area (Å²) in [7, 11) is 1.98. The predicted molar refractivity (Wildman–Crippen MR) is 87.9 cm³/mol. The van der Waals surface area contributed by atoms with Crippen LogP contribution in [0.15, 0.2) is 35.1 Å². The van der Waals surface area contributed by atoms with Crippen molar-refractivity contribution in [2.24, 2.45) is 0 Å². The van der Waals surface area contributed by atoms with Crippen LogP contribution in [0.2, 0.25) is 0 Å². The van der Waals surface area contributed by atoms with Crippen molar-refractivity contribution in [3.8, 4) is 5.69 Å². The van der Waals surface area contributed by atoms with Crippen LogP contribution in [0.1, 0.15) is 16.2 Å². The molecule has 1 saturated heterocycles. The van der Waals surface area contributed by atoms with E-state index in [2.05, 4.69) is 10.00 Å². The van der Waals surface area contributed by atoms with E-state index in [-0.39, 0.29) is 11.4 Å². The summed E-state index contributed by atoms with van der Waals surface area (Å²) in [6, 6.07) is 7.45. The van der Waals surface area contributed by atoms with E-state index in [0.29, 0.717) is 18.8 Å². The van der Waals surface area contributed by atoms with E-state index in [9.17, 15) is 14.0 Å². The van der Waals surface area contributed by atoms with Gasteiger partial charge >= 0.3 is 0 Å². The fourth-order valence-electron chi connectivity index (χ4n) is 2.72. The van der Waals surface area contributed by atoms with E-state index in [0.717, 1.165) is 13.1 Å². The third-order valence-corrected chi connectivity index (χ3v) is 4.18. The topological polar surface area (TPSA) is 58.4 Å². The highest BCUT2D eigenvalue weighted by Gasteiger charge is 2.24. The van der Waals surface area contributed by atoms with Crippen LogP contribution in [0.4, 0.5) is 4.39 Å². The SMILES string of the molecule is Cc1cc(=O)c(C(=O)N2CCN(C)CC2)nn1-c1ccccc1F. The third-order valence-electron chi connectivity index (χ3n) is 4.18. The molecule has 1 aliphatic heterocycles. The molecule has 1 amide bonds. The van der Waals surface area contributed by atoms with Gasteiger partial charge in [0.2, 0.25) is 5.43 Å². The lowest BCUT2D eigenvalue weighted by molar-refractivity contribution is 0.0654. The molecule has 0 N–H and O–H groups in total. The second kappa shape index (κ2) is 6.52. The number of piperazine rings is 1. The first-order valence-corrected chi connectivity index (χ1v) is 7.81. The molecule has 3 rings (SSSR count). The van der Waals surface area contributed by atoms with Crippen LogP contribution < -0.4 is 5.43 Å². The fourth-order valence-corrected chi connectivity index (χ4v) is 2.72. The lowest BCUT2D eigenvalue weighted by atomic mass is 10.2. The molecule has 126 valence electrons. The number of aryl methyl sites for hydroxylation is 1. The number of nitrogens with zero attached hydrogens (tertiary/aromatic N) is 4. The average molecular weight is 330 g/mol. The Hall–Kier alpha value is -2.54. The molecule has 1 aliphatic rings. The third kappa shape index (κ3) is 3.07. The van der Waals surface area contributed by atoms with Crippen LogP contribution in [0.3, 0.4) is 0 Å². The molecule has 7 heteroatoms. The normalized spacial score (nSPS) is 15.5. The van der Waals surface area contributed by atoms with Gasteiger partial charge in [0.15, 0.2) is 5.69 Å². The summed E-state index contributed by atoms with van der Waals surface area (Å²) in [6.45, 7) is 4.25. The maximum absolute atomic E-state index is 14.0. The molecule has 0 aliphatic carbocycles. The van der Waals surface area contributed by atoms with Gasteiger partial charge in [0.05, 0.1) is 0 Å². The zero-order chi connectivity index (χ0) is 17.3. The van der Waals surface area contributed by atoms with E-state index in [1.165, 1.54) is 16.8 Å². The average Bonchev–Trinajstić information content (AvgIpc) is 2.56. The van der Waals surface area contributed by atoms with Gasteiger partial charge in [0.1, 0.15) is 11.5 Å². The number of para-hydroxylation sites is 1. The molecule has 1 aromatic heterocycles. The van der Waals surface area contributed by atoms with E-state index >= 15 is 0 Å². The molecule has 0 unspecified atom stereocenters. The fraction of sp³-hybridized carbons (Fsp3) is 0.353. The number of carbonyl (C=O) groups is 1. The molecule has 0 spiro atoms. The van der Waals surface area contributed by atoms with Crippen LogP contribution in [-0.2, 0) is 0 Å². The molecular weight excluding hydrogens is 311 g/mol. The monoisotopic (exact) mass is 330 g/mol. The summed E-state index contributed by atoms with van der Waals surface area (Å²) < 4.78 is 15.4. The van der Waals surface area contributed by atoms with Crippen LogP contribution in [0, 0.1) is 12.7 Å². The zero-order valence-electron chi connectivity index (χ0n) is 13.7. The molecular formula is C17H19FN4O2. The minimum Gasteiger partial charge on any atom is -0.335 e. The first-order valence-electron chi connectivity index (χ1n) is 7.81. The Morgan fingerprint density at radius 2 is 1.83 bits per heavy atom. The van der Waals surface area contributed by atoms with Crippen molar-refractivity contribution in [3.63, 3.8) is 0 Å². The van der Waals surface area contributed by atoms with Crippen LogP contribution >= 0.6 is 0 Å². The molecule has 24 heavy (non-hydrogen) atoms. The number of likely N-dealkylation sites (N-methyl/N-ethyl adjacent to an activating group) is 1. The van der Waals surface area contributed by atoms with E-state index in [1.807, 2.05) is 7.05 Å². The van der Waals surface area contributed by atoms with Crippen LogP contribution in [0.25, 0.3) is 5.69 Å². The Bertz CT molecular complexity index is 826. The molecule has 2 aromatic rings. The predicted octanol–water partition coefficient (Wildman–Crippen LogP) is 1.07. The summed E-state index contributed by atoms with van der Waals surface area (Å²) in [4.78, 5) is 28.6. The number of rotatable bonds is 2. The van der Waals surface area contributed by atoms with Crippen LogP contribution in [0.5, 0.6) is 0 Å². The van der Waals surface area contributed by atoms with Gasteiger partial charge in [-0.05, 0) is 26.1 Å². The van der Waals surface area contributed by atoms with Gasteiger partial charge in [-0.2, -0.15) is 5.10 Å². The number of carbonyl (C=O) groups excluding carboxylic acids is 1. The quantitative estimate of drug-likeness (QED) is 0.826. The Kier molecular flexibility index (Phi) is 4.44. The van der Waals surface area contributed by atoms with Gasteiger partial charge in [-0.15, -0.1) is 0 Å². The Morgan fingerprint density at radius 3 is 2.50 bits per heavy atom. The first kappa shape index (κ1) is 16.3. The number of aromatic nitrogens is 2. The van der Waals surface area contributed by atoms with Gasteiger partial charge in [-0.1, -0.05) is 12.1 Å². The van der Waals surface area contributed by atoms with Gasteiger partial charge in [-0.25, -0.2) is 9.07 Å². The maximum atomic E-state index is 14.0. The summed E-state index contributed by atoms with van der Waals surface area (Å²) in [5.74, 6) is -0.868. The minimum atomic E-state index is -0.463. The summed E-state index contributed by atoms with van der Waals surface area (Å²) >= 11 is 0. The number of halogens is 1. The molecule has 0 bridgehead atoms. The van der Waals surface area contributed by atoms with Gasteiger partial charge < -0.3 is 9.80 Å². The number of hydrogen-bond donors (Lipinski definition) is 0. The van der Waals surface area contributed by atoms with Crippen LogP contribution in [-0.4, -0.2) is 58.7 Å². The summed E-state index contributed by atoms with van der Waals surface area (Å²) in [5.41, 5.74) is 0.0693. The van der Waals surface area contributed by atoms with E-state index < -0.39 is 17.2 Å². The summed E-state index contributed by atoms with van der Waals surface area (Å²) in [6.07, 6.45) is 0. The Labute approximate surface area is 139 Å². The van der Waals surface area contributed by atoms with Gasteiger partial charge in [-0.3, -0.25) is 9.59 Å². The molecule has 1 aromatic carbocycles. The minimum absolute atomic E-state index is 0.173. The highest BCUT2D eigenvalue weighted by Crippen LogP contribution is 2.13. The molecule has 2 heterocycles. The van der Waals surface area contributed by atoms with Crippen molar-refractivity contribution in [1.29, 1.82) is 0 Å².